The lowest BCUT2D eigenvalue weighted by Crippen LogP contribution is -2.48. The van der Waals surface area contributed by atoms with Gasteiger partial charge in [0.1, 0.15) is 0 Å². The van der Waals surface area contributed by atoms with Gasteiger partial charge in [-0.05, 0) is 39.0 Å². The maximum atomic E-state index is 11.9. The minimum Gasteiger partial charge on any atom is -0.466 e. The molecule has 1 aliphatic carbocycles. The van der Waals surface area contributed by atoms with Crippen molar-refractivity contribution in [3.05, 3.63) is 0 Å². The molecule has 0 aromatic heterocycles. The van der Waals surface area contributed by atoms with Gasteiger partial charge < -0.3 is 20.3 Å². The van der Waals surface area contributed by atoms with Crippen molar-refractivity contribution in [2.75, 3.05) is 33.3 Å². The fourth-order valence-corrected chi connectivity index (χ4v) is 2.93. The Morgan fingerprint density at radius 3 is 2.68 bits per heavy atom. The Labute approximate surface area is 167 Å². The van der Waals surface area contributed by atoms with E-state index < -0.39 is 0 Å². The number of ether oxygens (including phenoxy) is 1. The molecule has 7 nitrogen and oxygen atoms in total. The first-order valence-electron chi connectivity index (χ1n) is 9.05. The maximum Gasteiger partial charge on any atom is 0.310 e. The molecule has 0 aromatic carbocycles. The molecule has 1 atom stereocenters. The van der Waals surface area contributed by atoms with E-state index in [-0.39, 0.29) is 41.8 Å². The van der Waals surface area contributed by atoms with Crippen molar-refractivity contribution >= 4 is 41.8 Å². The highest BCUT2D eigenvalue weighted by Crippen LogP contribution is 2.19. The van der Waals surface area contributed by atoms with E-state index in [0.29, 0.717) is 32.2 Å². The highest BCUT2D eigenvalue weighted by Gasteiger charge is 2.28. The highest BCUT2D eigenvalue weighted by molar-refractivity contribution is 14.0. The number of esters is 1. The summed E-state index contributed by atoms with van der Waals surface area (Å²) in [6.07, 6.45) is 5.36. The van der Waals surface area contributed by atoms with Gasteiger partial charge in [0.25, 0.3) is 0 Å². The average Bonchev–Trinajstić information content (AvgIpc) is 3.39. The Balaban J connectivity index is 0.00000312. The molecule has 8 heteroatoms. The number of nitrogens with zero attached hydrogens (tertiary/aromatic N) is 2. The highest BCUT2D eigenvalue weighted by atomic mass is 127. The first-order valence-corrected chi connectivity index (χ1v) is 9.05. The predicted octanol–water partition coefficient (Wildman–Crippen LogP) is 1.51. The van der Waals surface area contributed by atoms with Crippen molar-refractivity contribution in [2.24, 2.45) is 10.9 Å². The van der Waals surface area contributed by atoms with Crippen molar-refractivity contribution < 1.29 is 14.3 Å². The van der Waals surface area contributed by atoms with Gasteiger partial charge in [0.15, 0.2) is 5.96 Å². The summed E-state index contributed by atoms with van der Waals surface area (Å²) in [6, 6.07) is 0.423. The lowest BCUT2D eigenvalue weighted by atomic mass is 9.98. The quantitative estimate of drug-likeness (QED) is 0.196. The van der Waals surface area contributed by atoms with Crippen LogP contribution in [0.2, 0.25) is 0 Å². The third-order valence-electron chi connectivity index (χ3n) is 4.36. The molecule has 1 unspecified atom stereocenters. The molecular formula is C17H31IN4O3. The number of likely N-dealkylation sites (tertiary alicyclic amines) is 1. The molecule has 2 fully saturated rings. The van der Waals surface area contributed by atoms with Crippen LogP contribution in [0.5, 0.6) is 0 Å². The standard InChI is InChI=1S/C17H30N4O3.HI/c1-3-24-16(23)13-6-5-11-21(12-13)17(18-2)19-10-4-7-15(22)20-14-8-9-14;/h13-14H,3-12H2,1-2H3,(H,18,19)(H,20,22);1H. The number of carbonyl (C=O) groups is 2. The Morgan fingerprint density at radius 2 is 2.04 bits per heavy atom. The van der Waals surface area contributed by atoms with E-state index in [1.807, 2.05) is 6.92 Å². The van der Waals surface area contributed by atoms with E-state index in [9.17, 15) is 9.59 Å². The number of guanidine groups is 1. The zero-order chi connectivity index (χ0) is 17.4. The van der Waals surface area contributed by atoms with Crippen molar-refractivity contribution in [1.29, 1.82) is 0 Å². The topological polar surface area (TPSA) is 83.0 Å². The summed E-state index contributed by atoms with van der Waals surface area (Å²) in [5, 5.41) is 6.29. The molecule has 0 spiro atoms. The Bertz CT molecular complexity index is 469. The van der Waals surface area contributed by atoms with E-state index in [1.165, 1.54) is 0 Å². The van der Waals surface area contributed by atoms with Gasteiger partial charge in [-0.1, -0.05) is 0 Å². The summed E-state index contributed by atoms with van der Waals surface area (Å²) in [6.45, 7) is 4.48. The smallest absolute Gasteiger partial charge is 0.310 e. The number of aliphatic imine (C=N–C) groups is 1. The fraction of sp³-hybridized carbons (Fsp3) is 0.824. The van der Waals surface area contributed by atoms with Crippen molar-refractivity contribution in [3.8, 4) is 0 Å². The zero-order valence-electron chi connectivity index (χ0n) is 15.3. The van der Waals surface area contributed by atoms with Crippen LogP contribution in [0.25, 0.3) is 0 Å². The lowest BCUT2D eigenvalue weighted by molar-refractivity contribution is -0.149. The van der Waals surface area contributed by atoms with E-state index in [2.05, 4.69) is 20.5 Å². The number of piperidine rings is 1. The summed E-state index contributed by atoms with van der Waals surface area (Å²) in [7, 11) is 1.75. The summed E-state index contributed by atoms with van der Waals surface area (Å²) < 4.78 is 5.13. The van der Waals surface area contributed by atoms with Crippen molar-refractivity contribution in [1.82, 2.24) is 15.5 Å². The van der Waals surface area contributed by atoms with Crippen LogP contribution >= 0.6 is 24.0 Å². The summed E-state index contributed by atoms with van der Waals surface area (Å²) >= 11 is 0. The second kappa shape index (κ2) is 11.5. The Hall–Kier alpha value is -1.06. The predicted molar refractivity (Wildman–Crippen MR) is 108 cm³/mol. The van der Waals surface area contributed by atoms with Crippen molar-refractivity contribution in [2.45, 2.75) is 51.5 Å². The molecule has 0 radical (unpaired) electrons. The molecule has 2 N–H and O–H groups in total. The van der Waals surface area contributed by atoms with Gasteiger partial charge in [-0.3, -0.25) is 14.6 Å². The normalized spacial score (nSPS) is 20.5. The number of amides is 1. The SMILES string of the molecule is CCOC(=O)C1CCCN(C(=NC)NCCCC(=O)NC2CC2)C1.I. The van der Waals surface area contributed by atoms with Crippen LogP contribution in [0.3, 0.4) is 0 Å². The van der Waals surface area contributed by atoms with Crippen LogP contribution in [0.1, 0.15) is 45.4 Å². The van der Waals surface area contributed by atoms with Gasteiger partial charge in [-0.15, -0.1) is 24.0 Å². The molecule has 1 heterocycles. The summed E-state index contributed by atoms with van der Waals surface area (Å²) in [5.74, 6) is 0.734. The first-order chi connectivity index (χ1) is 11.6. The van der Waals surface area contributed by atoms with Crippen LogP contribution in [0, 0.1) is 5.92 Å². The van der Waals surface area contributed by atoms with Gasteiger partial charge in [-0.2, -0.15) is 0 Å². The maximum absolute atomic E-state index is 11.9. The van der Waals surface area contributed by atoms with E-state index in [1.54, 1.807) is 7.05 Å². The van der Waals surface area contributed by atoms with Gasteiger partial charge in [0.2, 0.25) is 5.91 Å². The van der Waals surface area contributed by atoms with Crippen LogP contribution in [-0.2, 0) is 14.3 Å². The first kappa shape index (κ1) is 22.0. The van der Waals surface area contributed by atoms with E-state index >= 15 is 0 Å². The van der Waals surface area contributed by atoms with Gasteiger partial charge in [0, 0.05) is 39.1 Å². The number of nitrogens with one attached hydrogen (secondary N) is 2. The van der Waals surface area contributed by atoms with Gasteiger partial charge in [-0.25, -0.2) is 0 Å². The molecule has 1 amide bonds. The zero-order valence-corrected chi connectivity index (χ0v) is 17.6. The molecule has 1 saturated heterocycles. The van der Waals surface area contributed by atoms with Gasteiger partial charge in [0.05, 0.1) is 12.5 Å². The Kier molecular flexibility index (Phi) is 10.1. The largest absolute Gasteiger partial charge is 0.466 e. The van der Waals surface area contributed by atoms with Crippen LogP contribution in [0.15, 0.2) is 4.99 Å². The number of halogens is 1. The van der Waals surface area contributed by atoms with Crippen molar-refractivity contribution in [3.63, 3.8) is 0 Å². The average molecular weight is 466 g/mol. The molecule has 1 saturated carbocycles. The monoisotopic (exact) mass is 466 g/mol. The fourth-order valence-electron chi connectivity index (χ4n) is 2.93. The van der Waals surface area contributed by atoms with Crippen LogP contribution in [-0.4, -0.2) is 62.1 Å². The molecule has 0 aromatic rings. The summed E-state index contributed by atoms with van der Waals surface area (Å²) in [5.41, 5.74) is 0. The number of hydrogen-bond donors (Lipinski definition) is 2. The molecule has 2 rings (SSSR count). The summed E-state index contributed by atoms with van der Waals surface area (Å²) in [4.78, 5) is 30.0. The minimum absolute atomic E-state index is 0. The Morgan fingerprint density at radius 1 is 1.28 bits per heavy atom. The number of carbonyl (C=O) groups excluding carboxylic acids is 2. The van der Waals surface area contributed by atoms with E-state index in [0.717, 1.165) is 44.6 Å². The minimum atomic E-state index is -0.116. The molecular weight excluding hydrogens is 435 g/mol. The molecule has 0 bridgehead atoms. The molecule has 25 heavy (non-hydrogen) atoms. The van der Waals surface area contributed by atoms with Crippen LogP contribution in [0.4, 0.5) is 0 Å². The van der Waals surface area contributed by atoms with Gasteiger partial charge >= 0.3 is 5.97 Å². The lowest BCUT2D eigenvalue weighted by Gasteiger charge is -2.33. The van der Waals surface area contributed by atoms with Crippen LogP contribution < -0.4 is 10.6 Å². The third-order valence-corrected chi connectivity index (χ3v) is 4.36. The van der Waals surface area contributed by atoms with E-state index in [4.69, 9.17) is 4.74 Å². The second-order valence-electron chi connectivity index (χ2n) is 6.46. The number of rotatable bonds is 7. The molecule has 144 valence electrons. The third kappa shape index (κ3) is 7.79. The molecule has 1 aliphatic heterocycles. The number of hydrogen-bond acceptors (Lipinski definition) is 4. The molecule has 2 aliphatic rings. The second-order valence-corrected chi connectivity index (χ2v) is 6.46.